The lowest BCUT2D eigenvalue weighted by atomic mass is 10.1. The first kappa shape index (κ1) is 12.1. The molecule has 0 saturated carbocycles. The number of benzene rings is 1. The lowest BCUT2D eigenvalue weighted by Crippen LogP contribution is -1.97. The van der Waals surface area contributed by atoms with Crippen LogP contribution in [-0.2, 0) is 0 Å². The van der Waals surface area contributed by atoms with Crippen molar-refractivity contribution in [2.24, 2.45) is 0 Å². The average molecular weight is 385 g/mol. The van der Waals surface area contributed by atoms with E-state index in [0.717, 1.165) is 24.7 Å². The summed E-state index contributed by atoms with van der Waals surface area (Å²) in [4.78, 5) is 15.5. The van der Waals surface area contributed by atoms with Crippen molar-refractivity contribution in [2.75, 3.05) is 0 Å². The molecule has 0 aliphatic heterocycles. The molecule has 0 unspecified atom stereocenters. The van der Waals surface area contributed by atoms with Crippen LogP contribution in [0.4, 0.5) is 0 Å². The molecule has 3 rings (SSSR count). The van der Waals surface area contributed by atoms with E-state index in [2.05, 4.69) is 36.8 Å². The molecule has 90 valence electrons. The van der Waals surface area contributed by atoms with Crippen molar-refractivity contribution in [3.63, 3.8) is 0 Å². The van der Waals surface area contributed by atoms with Crippen LogP contribution in [0.3, 0.4) is 0 Å². The molecule has 1 aromatic carbocycles. The molecular weight excluding hydrogens is 378 g/mol. The first-order valence-corrected chi connectivity index (χ1v) is 7.67. The zero-order valence-electron chi connectivity index (χ0n) is 9.04. The van der Waals surface area contributed by atoms with Crippen molar-refractivity contribution in [3.8, 4) is 0 Å². The van der Waals surface area contributed by atoms with Gasteiger partial charge in [-0.05, 0) is 34.1 Å². The van der Waals surface area contributed by atoms with Crippen LogP contribution in [-0.4, -0.2) is 10.8 Å². The third kappa shape index (κ3) is 2.06. The van der Waals surface area contributed by atoms with Gasteiger partial charge in [0, 0.05) is 38.1 Å². The predicted octanol–water partition coefficient (Wildman–Crippen LogP) is 4.99. The van der Waals surface area contributed by atoms with E-state index < -0.39 is 0 Å². The van der Waals surface area contributed by atoms with Crippen molar-refractivity contribution >= 4 is 59.9 Å². The molecule has 2 heterocycles. The summed E-state index contributed by atoms with van der Waals surface area (Å²) < 4.78 is 1.96. The molecule has 0 radical (unpaired) electrons. The summed E-state index contributed by atoms with van der Waals surface area (Å²) in [7, 11) is 0. The largest absolute Gasteiger partial charge is 0.360 e. The number of thiophene rings is 1. The highest BCUT2D eigenvalue weighted by molar-refractivity contribution is 9.11. The zero-order valence-corrected chi connectivity index (χ0v) is 13.0. The Kier molecular flexibility index (Phi) is 3.13. The number of carbonyl (C=O) groups is 1. The Morgan fingerprint density at radius 1 is 1.22 bits per heavy atom. The predicted molar refractivity (Wildman–Crippen MR) is 81.5 cm³/mol. The average Bonchev–Trinajstić information content (AvgIpc) is 2.94. The molecule has 3 aromatic rings. The Morgan fingerprint density at radius 2 is 2.06 bits per heavy atom. The highest BCUT2D eigenvalue weighted by Gasteiger charge is 2.15. The van der Waals surface area contributed by atoms with Gasteiger partial charge in [-0.1, -0.05) is 22.0 Å². The first-order chi connectivity index (χ1) is 8.65. The molecule has 0 saturated heterocycles. The quantitative estimate of drug-likeness (QED) is 0.620. The maximum atomic E-state index is 12.4. The van der Waals surface area contributed by atoms with Gasteiger partial charge in [0.05, 0.1) is 3.79 Å². The zero-order chi connectivity index (χ0) is 12.7. The van der Waals surface area contributed by atoms with Crippen molar-refractivity contribution < 1.29 is 4.79 Å². The molecule has 18 heavy (non-hydrogen) atoms. The summed E-state index contributed by atoms with van der Waals surface area (Å²) >= 11 is 8.31. The molecular formula is C13H7Br2NOS. The van der Waals surface area contributed by atoms with Gasteiger partial charge in [0.2, 0.25) is 0 Å². The minimum atomic E-state index is 0.0468. The van der Waals surface area contributed by atoms with Crippen LogP contribution in [0.2, 0.25) is 0 Å². The van der Waals surface area contributed by atoms with E-state index in [1.165, 1.54) is 11.3 Å². The SMILES string of the molecule is O=C(c1csc(Br)c1)c1c[nH]c2cc(Br)ccc12. The fourth-order valence-electron chi connectivity index (χ4n) is 1.87. The normalized spacial score (nSPS) is 11.0. The van der Waals surface area contributed by atoms with Gasteiger partial charge in [0.25, 0.3) is 0 Å². The van der Waals surface area contributed by atoms with E-state index in [0.29, 0.717) is 5.56 Å². The van der Waals surface area contributed by atoms with Crippen LogP contribution in [0.15, 0.2) is 44.1 Å². The van der Waals surface area contributed by atoms with Crippen LogP contribution in [0.1, 0.15) is 15.9 Å². The minimum Gasteiger partial charge on any atom is -0.360 e. The highest BCUT2D eigenvalue weighted by atomic mass is 79.9. The van der Waals surface area contributed by atoms with Crippen molar-refractivity contribution in [2.45, 2.75) is 0 Å². The first-order valence-electron chi connectivity index (χ1n) is 5.20. The highest BCUT2D eigenvalue weighted by Crippen LogP contribution is 2.27. The fraction of sp³-hybridized carbons (Fsp3) is 0. The number of aromatic nitrogens is 1. The third-order valence-electron chi connectivity index (χ3n) is 2.72. The maximum Gasteiger partial charge on any atom is 0.196 e. The van der Waals surface area contributed by atoms with Crippen LogP contribution < -0.4 is 0 Å². The molecule has 0 fully saturated rings. The lowest BCUT2D eigenvalue weighted by Gasteiger charge is -1.96. The Bertz CT molecular complexity index is 744. The number of hydrogen-bond acceptors (Lipinski definition) is 2. The van der Waals surface area contributed by atoms with Crippen LogP contribution in [0.25, 0.3) is 10.9 Å². The molecule has 0 spiro atoms. The Labute approximate surface area is 124 Å². The number of hydrogen-bond donors (Lipinski definition) is 1. The summed E-state index contributed by atoms with van der Waals surface area (Å²) in [5.41, 5.74) is 2.39. The summed E-state index contributed by atoms with van der Waals surface area (Å²) in [6.07, 6.45) is 1.77. The number of fused-ring (bicyclic) bond motifs is 1. The molecule has 0 aliphatic rings. The van der Waals surface area contributed by atoms with E-state index in [1.807, 2.05) is 29.6 Å². The number of carbonyl (C=O) groups excluding carboxylic acids is 1. The summed E-state index contributed by atoms with van der Waals surface area (Å²) in [6.45, 7) is 0. The molecule has 0 bridgehead atoms. The van der Waals surface area contributed by atoms with Crippen molar-refractivity contribution in [3.05, 3.63) is 55.2 Å². The molecule has 5 heteroatoms. The van der Waals surface area contributed by atoms with E-state index >= 15 is 0 Å². The lowest BCUT2D eigenvalue weighted by molar-refractivity contribution is 0.104. The Balaban J connectivity index is 2.12. The minimum absolute atomic E-state index is 0.0468. The Hall–Kier alpha value is -0.910. The number of aromatic amines is 1. The van der Waals surface area contributed by atoms with Crippen molar-refractivity contribution in [1.29, 1.82) is 0 Å². The molecule has 0 amide bonds. The fourth-order valence-corrected chi connectivity index (χ4v) is 3.37. The van der Waals surface area contributed by atoms with Gasteiger partial charge in [0.15, 0.2) is 5.78 Å². The second-order valence-electron chi connectivity index (χ2n) is 3.86. The smallest absolute Gasteiger partial charge is 0.196 e. The molecule has 0 aliphatic carbocycles. The van der Waals surface area contributed by atoms with E-state index in [4.69, 9.17) is 0 Å². The van der Waals surface area contributed by atoms with Gasteiger partial charge >= 0.3 is 0 Å². The van der Waals surface area contributed by atoms with Crippen LogP contribution in [0, 0.1) is 0 Å². The standard InChI is InChI=1S/C13H7Br2NOS/c14-8-1-2-9-10(5-16-11(9)4-8)13(17)7-3-12(15)18-6-7/h1-6,16H. The molecule has 2 nitrogen and oxygen atoms in total. The van der Waals surface area contributed by atoms with Gasteiger partial charge in [-0.3, -0.25) is 4.79 Å². The number of nitrogens with one attached hydrogen (secondary N) is 1. The molecule has 1 N–H and O–H groups in total. The van der Waals surface area contributed by atoms with Gasteiger partial charge in [-0.2, -0.15) is 0 Å². The van der Waals surface area contributed by atoms with E-state index in [1.54, 1.807) is 6.20 Å². The van der Waals surface area contributed by atoms with Gasteiger partial charge in [0.1, 0.15) is 0 Å². The van der Waals surface area contributed by atoms with Gasteiger partial charge in [-0.25, -0.2) is 0 Å². The van der Waals surface area contributed by atoms with Gasteiger partial charge < -0.3 is 4.98 Å². The van der Waals surface area contributed by atoms with Crippen LogP contribution >= 0.6 is 43.2 Å². The summed E-state index contributed by atoms with van der Waals surface area (Å²) in [5.74, 6) is 0.0468. The second kappa shape index (κ2) is 4.64. The molecule has 2 aromatic heterocycles. The number of ketones is 1. The van der Waals surface area contributed by atoms with E-state index in [-0.39, 0.29) is 5.78 Å². The maximum absolute atomic E-state index is 12.4. The van der Waals surface area contributed by atoms with Crippen LogP contribution in [0.5, 0.6) is 0 Å². The Morgan fingerprint density at radius 3 is 2.78 bits per heavy atom. The summed E-state index contributed by atoms with van der Waals surface area (Å²) in [5, 5.41) is 2.81. The monoisotopic (exact) mass is 383 g/mol. The number of rotatable bonds is 2. The number of halogens is 2. The van der Waals surface area contributed by atoms with Crippen molar-refractivity contribution in [1.82, 2.24) is 4.98 Å². The number of H-pyrrole nitrogens is 1. The summed E-state index contributed by atoms with van der Waals surface area (Å²) in [6, 6.07) is 7.71. The molecule has 0 atom stereocenters. The third-order valence-corrected chi connectivity index (χ3v) is 4.72. The van der Waals surface area contributed by atoms with E-state index in [9.17, 15) is 4.79 Å². The second-order valence-corrected chi connectivity index (χ2v) is 7.07. The topological polar surface area (TPSA) is 32.9 Å². The van der Waals surface area contributed by atoms with Gasteiger partial charge in [-0.15, -0.1) is 11.3 Å².